The minimum atomic E-state index is -0.958. The third-order valence-corrected chi connectivity index (χ3v) is 5.87. The fourth-order valence-corrected chi connectivity index (χ4v) is 4.11. The van der Waals surface area contributed by atoms with Crippen molar-refractivity contribution in [3.8, 4) is 11.5 Å². The number of fused-ring (bicyclic) bond motifs is 1. The summed E-state index contributed by atoms with van der Waals surface area (Å²) < 4.78 is 10.6. The highest BCUT2D eigenvalue weighted by molar-refractivity contribution is 6.22. The summed E-state index contributed by atoms with van der Waals surface area (Å²) in [6.45, 7) is 0.336. The van der Waals surface area contributed by atoms with Crippen LogP contribution >= 0.6 is 0 Å². The van der Waals surface area contributed by atoms with Crippen LogP contribution in [0.5, 0.6) is 11.5 Å². The van der Waals surface area contributed by atoms with Crippen LogP contribution in [0, 0.1) is 0 Å². The highest BCUT2D eigenvalue weighted by atomic mass is 16.5. The second kappa shape index (κ2) is 10.2. The summed E-state index contributed by atoms with van der Waals surface area (Å²) in [7, 11) is 3.14. The molecular formula is C27H26N2O5. The molecule has 1 aliphatic rings. The zero-order chi connectivity index (χ0) is 24.1. The summed E-state index contributed by atoms with van der Waals surface area (Å²) in [5.41, 5.74) is 2.46. The maximum atomic E-state index is 13.3. The molecule has 3 aromatic rings. The van der Waals surface area contributed by atoms with E-state index in [9.17, 15) is 14.4 Å². The van der Waals surface area contributed by atoms with E-state index in [1.807, 2.05) is 48.5 Å². The molecule has 4 rings (SSSR count). The van der Waals surface area contributed by atoms with Crippen molar-refractivity contribution in [2.45, 2.75) is 18.9 Å². The lowest BCUT2D eigenvalue weighted by Gasteiger charge is -2.25. The number of hydrogen-bond donors (Lipinski definition) is 1. The van der Waals surface area contributed by atoms with Gasteiger partial charge in [0.2, 0.25) is 5.91 Å². The van der Waals surface area contributed by atoms with Gasteiger partial charge in [0, 0.05) is 13.0 Å². The van der Waals surface area contributed by atoms with Crippen LogP contribution in [0.15, 0.2) is 72.8 Å². The van der Waals surface area contributed by atoms with Gasteiger partial charge in [0.1, 0.15) is 6.04 Å². The van der Waals surface area contributed by atoms with Crippen molar-refractivity contribution in [1.29, 1.82) is 0 Å². The van der Waals surface area contributed by atoms with Gasteiger partial charge < -0.3 is 14.8 Å². The summed E-state index contributed by atoms with van der Waals surface area (Å²) >= 11 is 0. The first-order valence-electron chi connectivity index (χ1n) is 11.0. The molecule has 34 heavy (non-hydrogen) atoms. The predicted octanol–water partition coefficient (Wildman–Crippen LogP) is 3.27. The van der Waals surface area contributed by atoms with E-state index in [0.717, 1.165) is 16.0 Å². The molecule has 0 bridgehead atoms. The normalized spacial score (nSPS) is 13.4. The molecule has 1 unspecified atom stereocenters. The van der Waals surface area contributed by atoms with Crippen LogP contribution in [0.1, 0.15) is 31.8 Å². The number of carbonyl (C=O) groups excluding carboxylic acids is 3. The SMILES string of the molecule is COc1ccc(CCNC(=O)C(Cc2ccccc2)N2C(=O)c3ccccc3C2=O)cc1OC. The van der Waals surface area contributed by atoms with Gasteiger partial charge in [-0.15, -0.1) is 0 Å². The van der Waals surface area contributed by atoms with Crippen molar-refractivity contribution in [3.63, 3.8) is 0 Å². The zero-order valence-electron chi connectivity index (χ0n) is 19.1. The van der Waals surface area contributed by atoms with Crippen LogP contribution in [0.25, 0.3) is 0 Å². The molecule has 0 fully saturated rings. The van der Waals surface area contributed by atoms with E-state index in [1.54, 1.807) is 38.5 Å². The standard InChI is InChI=1S/C27H26N2O5/c1-33-23-13-12-19(17-24(23)34-2)14-15-28-25(30)22(16-18-8-4-3-5-9-18)29-26(31)20-10-6-7-11-21(20)27(29)32/h3-13,17,22H,14-16H2,1-2H3,(H,28,30). The Morgan fingerprint density at radius 1 is 0.824 bits per heavy atom. The fraction of sp³-hybridized carbons (Fsp3) is 0.222. The van der Waals surface area contributed by atoms with Gasteiger partial charge in [-0.05, 0) is 41.8 Å². The average molecular weight is 459 g/mol. The number of nitrogens with zero attached hydrogens (tertiary/aromatic N) is 1. The number of imide groups is 1. The zero-order valence-corrected chi connectivity index (χ0v) is 19.1. The van der Waals surface area contributed by atoms with E-state index in [4.69, 9.17) is 9.47 Å². The smallest absolute Gasteiger partial charge is 0.262 e. The van der Waals surface area contributed by atoms with E-state index in [-0.39, 0.29) is 12.3 Å². The number of benzene rings is 3. The van der Waals surface area contributed by atoms with Gasteiger partial charge in [0.25, 0.3) is 11.8 Å². The maximum absolute atomic E-state index is 13.3. The van der Waals surface area contributed by atoms with E-state index in [1.165, 1.54) is 0 Å². The number of nitrogens with one attached hydrogen (secondary N) is 1. The van der Waals surface area contributed by atoms with Gasteiger partial charge in [-0.1, -0.05) is 48.5 Å². The van der Waals surface area contributed by atoms with Crippen LogP contribution in [0.4, 0.5) is 0 Å². The molecule has 1 N–H and O–H groups in total. The molecule has 0 aromatic heterocycles. The van der Waals surface area contributed by atoms with Crippen molar-refractivity contribution in [3.05, 3.63) is 95.1 Å². The highest BCUT2D eigenvalue weighted by Gasteiger charge is 2.42. The van der Waals surface area contributed by atoms with Crippen LogP contribution in [0.3, 0.4) is 0 Å². The van der Waals surface area contributed by atoms with E-state index in [0.29, 0.717) is 35.6 Å². The molecule has 7 heteroatoms. The fourth-order valence-electron chi connectivity index (χ4n) is 4.11. The lowest BCUT2D eigenvalue weighted by molar-refractivity contribution is -0.125. The number of rotatable bonds is 9. The number of hydrogen-bond acceptors (Lipinski definition) is 5. The molecular weight excluding hydrogens is 432 g/mol. The monoisotopic (exact) mass is 458 g/mol. The highest BCUT2D eigenvalue weighted by Crippen LogP contribution is 2.28. The predicted molar refractivity (Wildman–Crippen MR) is 127 cm³/mol. The van der Waals surface area contributed by atoms with Gasteiger partial charge in [0.05, 0.1) is 25.3 Å². The first-order chi connectivity index (χ1) is 16.5. The molecule has 1 atom stereocenters. The minimum Gasteiger partial charge on any atom is -0.493 e. The van der Waals surface area contributed by atoms with Gasteiger partial charge in [-0.2, -0.15) is 0 Å². The maximum Gasteiger partial charge on any atom is 0.262 e. The average Bonchev–Trinajstić information content (AvgIpc) is 3.12. The molecule has 0 radical (unpaired) electrons. The summed E-state index contributed by atoms with van der Waals surface area (Å²) in [6.07, 6.45) is 0.779. The molecule has 1 aliphatic heterocycles. The Morgan fingerprint density at radius 2 is 1.44 bits per heavy atom. The van der Waals surface area contributed by atoms with Crippen LogP contribution in [-0.2, 0) is 17.6 Å². The van der Waals surface area contributed by atoms with Crippen LogP contribution in [0.2, 0.25) is 0 Å². The third-order valence-electron chi connectivity index (χ3n) is 5.87. The molecule has 0 saturated heterocycles. The minimum absolute atomic E-state index is 0.231. The lowest BCUT2D eigenvalue weighted by atomic mass is 10.0. The van der Waals surface area contributed by atoms with Crippen molar-refractivity contribution < 1.29 is 23.9 Å². The van der Waals surface area contributed by atoms with E-state index >= 15 is 0 Å². The second-order valence-electron chi connectivity index (χ2n) is 7.96. The van der Waals surface area contributed by atoms with E-state index in [2.05, 4.69) is 5.32 Å². The summed E-state index contributed by atoms with van der Waals surface area (Å²) in [5.74, 6) is -0.0323. The third kappa shape index (κ3) is 4.64. The lowest BCUT2D eigenvalue weighted by Crippen LogP contribution is -2.51. The first kappa shape index (κ1) is 23.0. The first-order valence-corrected chi connectivity index (χ1v) is 11.0. The Kier molecular flexibility index (Phi) is 6.92. The van der Waals surface area contributed by atoms with Gasteiger partial charge in [-0.25, -0.2) is 0 Å². The van der Waals surface area contributed by atoms with Crippen LogP contribution < -0.4 is 14.8 Å². The molecule has 1 heterocycles. The van der Waals surface area contributed by atoms with Crippen molar-refractivity contribution in [1.82, 2.24) is 10.2 Å². The number of amides is 3. The largest absolute Gasteiger partial charge is 0.493 e. The Morgan fingerprint density at radius 3 is 2.06 bits per heavy atom. The van der Waals surface area contributed by atoms with Gasteiger partial charge >= 0.3 is 0 Å². The second-order valence-corrected chi connectivity index (χ2v) is 7.96. The van der Waals surface area contributed by atoms with Crippen molar-refractivity contribution in [2.24, 2.45) is 0 Å². The molecule has 3 aromatic carbocycles. The summed E-state index contributed by atoms with van der Waals surface area (Å²) in [6, 6.07) is 20.6. The molecule has 7 nitrogen and oxygen atoms in total. The number of ether oxygens (including phenoxy) is 2. The quantitative estimate of drug-likeness (QED) is 0.498. The van der Waals surface area contributed by atoms with Gasteiger partial charge in [0.15, 0.2) is 11.5 Å². The van der Waals surface area contributed by atoms with Gasteiger partial charge in [-0.3, -0.25) is 19.3 Å². The Hall–Kier alpha value is -4.13. The summed E-state index contributed by atoms with van der Waals surface area (Å²) in [5, 5.41) is 2.91. The Bertz CT molecular complexity index is 1170. The molecule has 3 amide bonds. The Balaban J connectivity index is 1.51. The number of carbonyl (C=O) groups is 3. The van der Waals surface area contributed by atoms with Crippen molar-refractivity contribution in [2.75, 3.05) is 20.8 Å². The topological polar surface area (TPSA) is 84.9 Å². The number of methoxy groups -OCH3 is 2. The van der Waals surface area contributed by atoms with Crippen molar-refractivity contribution >= 4 is 17.7 Å². The summed E-state index contributed by atoms with van der Waals surface area (Å²) in [4.78, 5) is 40.5. The Labute approximate surface area is 198 Å². The molecule has 0 saturated carbocycles. The molecule has 0 aliphatic carbocycles. The molecule has 0 spiro atoms. The molecule has 174 valence electrons. The van der Waals surface area contributed by atoms with Crippen LogP contribution in [-0.4, -0.2) is 49.4 Å². The van der Waals surface area contributed by atoms with E-state index < -0.39 is 17.9 Å².